The quantitative estimate of drug-likeness (QED) is 0.762. The van der Waals surface area contributed by atoms with E-state index in [-0.39, 0.29) is 17.7 Å². The highest BCUT2D eigenvalue weighted by atomic mass is 32.2. The predicted octanol–water partition coefficient (Wildman–Crippen LogP) is 1.70. The number of carbonyl (C=O) groups is 1. The zero-order valence-electron chi connectivity index (χ0n) is 16.5. The summed E-state index contributed by atoms with van der Waals surface area (Å²) in [4.78, 5) is 18.9. The standard InChI is InChI=1S/C20H23N5O4S/c1-13-15(6-3-9-22-13)20(26)25-10-4-5-14(11-25)12-29-17-8-2-7-16-18(17)19(21)24-30(27,28)23-16/h2-3,6-9,14,23H,4-5,10-12H2,1H3,(H2,21,24). The summed E-state index contributed by atoms with van der Waals surface area (Å²) in [5.74, 6) is 0.483. The average Bonchev–Trinajstić information content (AvgIpc) is 2.71. The van der Waals surface area contributed by atoms with E-state index >= 15 is 0 Å². The number of aryl methyl sites for hydroxylation is 1. The van der Waals surface area contributed by atoms with Gasteiger partial charge in [-0.2, -0.15) is 8.42 Å². The van der Waals surface area contributed by atoms with Gasteiger partial charge in [-0.3, -0.25) is 14.5 Å². The fourth-order valence-electron chi connectivity index (χ4n) is 3.81. The van der Waals surface area contributed by atoms with Gasteiger partial charge in [-0.1, -0.05) is 6.07 Å². The number of benzene rings is 1. The number of nitrogens with one attached hydrogen (secondary N) is 1. The van der Waals surface area contributed by atoms with Gasteiger partial charge in [0.1, 0.15) is 5.75 Å². The molecule has 9 nitrogen and oxygen atoms in total. The molecule has 1 atom stereocenters. The second kappa shape index (κ2) is 7.94. The molecule has 10 heteroatoms. The summed E-state index contributed by atoms with van der Waals surface area (Å²) in [7, 11) is -3.84. The largest absolute Gasteiger partial charge is 0.492 e. The molecule has 2 aliphatic heterocycles. The SMILES string of the molecule is Cc1ncccc1C(=O)N1CCCC(COc2cccc3c2C(N)=NS(=O)(=O)N3)C1. The number of rotatable bonds is 4. The van der Waals surface area contributed by atoms with Gasteiger partial charge in [0.2, 0.25) is 0 Å². The van der Waals surface area contributed by atoms with Crippen LogP contribution in [0.5, 0.6) is 5.75 Å². The molecule has 30 heavy (non-hydrogen) atoms. The highest BCUT2D eigenvalue weighted by molar-refractivity contribution is 7.91. The van der Waals surface area contributed by atoms with E-state index in [9.17, 15) is 13.2 Å². The summed E-state index contributed by atoms with van der Waals surface area (Å²) in [6.07, 6.45) is 3.49. The smallest absolute Gasteiger partial charge is 0.344 e. The van der Waals surface area contributed by atoms with Crippen LogP contribution in [0.2, 0.25) is 0 Å². The summed E-state index contributed by atoms with van der Waals surface area (Å²) >= 11 is 0. The number of nitrogens with two attached hydrogens (primary N) is 1. The second-order valence-corrected chi connectivity index (χ2v) is 8.78. The van der Waals surface area contributed by atoms with Gasteiger partial charge < -0.3 is 15.4 Å². The first-order chi connectivity index (χ1) is 14.3. The number of nitrogens with zero attached hydrogens (tertiary/aromatic N) is 3. The maximum atomic E-state index is 12.9. The van der Waals surface area contributed by atoms with Crippen LogP contribution in [0.3, 0.4) is 0 Å². The van der Waals surface area contributed by atoms with E-state index in [2.05, 4.69) is 14.1 Å². The number of ether oxygens (including phenoxy) is 1. The molecule has 2 aliphatic rings. The van der Waals surface area contributed by atoms with E-state index < -0.39 is 10.2 Å². The minimum atomic E-state index is -3.84. The van der Waals surface area contributed by atoms with Crippen LogP contribution < -0.4 is 15.2 Å². The van der Waals surface area contributed by atoms with Crippen LogP contribution in [0.4, 0.5) is 5.69 Å². The molecule has 1 fully saturated rings. The van der Waals surface area contributed by atoms with Gasteiger partial charge in [0.25, 0.3) is 5.91 Å². The molecule has 1 aromatic carbocycles. The van der Waals surface area contributed by atoms with E-state index in [0.29, 0.717) is 48.0 Å². The van der Waals surface area contributed by atoms with Crippen molar-refractivity contribution in [3.05, 3.63) is 53.3 Å². The first-order valence-electron chi connectivity index (χ1n) is 9.69. The third kappa shape index (κ3) is 4.09. The third-order valence-corrected chi connectivity index (χ3v) is 6.17. The number of carbonyl (C=O) groups excluding carboxylic acids is 1. The molecule has 1 unspecified atom stereocenters. The van der Waals surface area contributed by atoms with Crippen LogP contribution in [0, 0.1) is 12.8 Å². The molecule has 0 spiro atoms. The molecule has 0 bridgehead atoms. The Hall–Kier alpha value is -3.14. The number of fused-ring (bicyclic) bond motifs is 1. The topological polar surface area (TPSA) is 127 Å². The van der Waals surface area contributed by atoms with Crippen molar-refractivity contribution in [2.24, 2.45) is 16.0 Å². The first-order valence-corrected chi connectivity index (χ1v) is 11.1. The second-order valence-electron chi connectivity index (χ2n) is 7.44. The predicted molar refractivity (Wildman–Crippen MR) is 113 cm³/mol. The van der Waals surface area contributed by atoms with E-state index in [1.165, 1.54) is 0 Å². The molecule has 0 saturated carbocycles. The fourth-order valence-corrected chi connectivity index (χ4v) is 4.66. The molecule has 3 heterocycles. The van der Waals surface area contributed by atoms with Gasteiger partial charge in [-0.05, 0) is 44.0 Å². The molecule has 0 radical (unpaired) electrons. The number of piperidine rings is 1. The van der Waals surface area contributed by atoms with E-state index in [1.807, 2.05) is 11.8 Å². The summed E-state index contributed by atoms with van der Waals surface area (Å²) in [5.41, 5.74) is 7.97. The Kier molecular flexibility index (Phi) is 5.33. The molecular weight excluding hydrogens is 406 g/mol. The van der Waals surface area contributed by atoms with Gasteiger partial charge in [0.15, 0.2) is 5.84 Å². The van der Waals surface area contributed by atoms with Crippen LogP contribution in [0.15, 0.2) is 40.9 Å². The first kappa shape index (κ1) is 20.1. The van der Waals surface area contributed by atoms with Crippen LogP contribution in [0.25, 0.3) is 0 Å². The normalized spacial score (nSPS) is 20.0. The van der Waals surface area contributed by atoms with Crippen LogP contribution in [-0.4, -0.2) is 49.7 Å². The van der Waals surface area contributed by atoms with Crippen molar-refractivity contribution in [1.82, 2.24) is 9.88 Å². The zero-order valence-corrected chi connectivity index (χ0v) is 17.4. The lowest BCUT2D eigenvalue weighted by Crippen LogP contribution is -2.42. The summed E-state index contributed by atoms with van der Waals surface area (Å²) in [5, 5.41) is 0. The van der Waals surface area contributed by atoms with Gasteiger partial charge in [-0.25, -0.2) is 0 Å². The van der Waals surface area contributed by atoms with Crippen molar-refractivity contribution in [3.63, 3.8) is 0 Å². The summed E-state index contributed by atoms with van der Waals surface area (Å²) in [6, 6.07) is 8.59. The van der Waals surface area contributed by atoms with Crippen LogP contribution in [0.1, 0.15) is 34.5 Å². The summed E-state index contributed by atoms with van der Waals surface area (Å²) < 4.78 is 35.3. The van der Waals surface area contributed by atoms with Gasteiger partial charge in [0, 0.05) is 30.9 Å². The lowest BCUT2D eigenvalue weighted by atomic mass is 9.98. The Balaban J connectivity index is 1.45. The molecule has 3 N–H and O–H groups in total. The lowest BCUT2D eigenvalue weighted by molar-refractivity contribution is 0.0632. The average molecular weight is 430 g/mol. The lowest BCUT2D eigenvalue weighted by Gasteiger charge is -2.33. The number of amides is 1. The summed E-state index contributed by atoms with van der Waals surface area (Å²) in [6.45, 7) is 3.49. The zero-order chi connectivity index (χ0) is 21.3. The van der Waals surface area contributed by atoms with E-state index in [4.69, 9.17) is 10.5 Å². The molecule has 1 amide bonds. The minimum absolute atomic E-state index is 0.0202. The van der Waals surface area contributed by atoms with Crippen molar-refractivity contribution in [2.45, 2.75) is 19.8 Å². The number of hydrogen-bond acceptors (Lipinski definition) is 6. The van der Waals surface area contributed by atoms with Crippen molar-refractivity contribution in [3.8, 4) is 5.75 Å². The molecule has 2 aromatic rings. The molecule has 1 saturated heterocycles. The number of hydrogen-bond donors (Lipinski definition) is 2. The highest BCUT2D eigenvalue weighted by Gasteiger charge is 2.28. The molecule has 158 valence electrons. The highest BCUT2D eigenvalue weighted by Crippen LogP contribution is 2.31. The van der Waals surface area contributed by atoms with Crippen molar-refractivity contribution in [2.75, 3.05) is 24.4 Å². The van der Waals surface area contributed by atoms with Crippen molar-refractivity contribution < 1.29 is 17.9 Å². The molecule has 4 rings (SSSR count). The Morgan fingerprint density at radius 1 is 1.33 bits per heavy atom. The van der Waals surface area contributed by atoms with Crippen molar-refractivity contribution in [1.29, 1.82) is 0 Å². The Morgan fingerprint density at radius 2 is 2.17 bits per heavy atom. The Bertz CT molecular complexity index is 1120. The monoisotopic (exact) mass is 429 g/mol. The van der Waals surface area contributed by atoms with Crippen LogP contribution >= 0.6 is 0 Å². The number of amidine groups is 1. The molecule has 1 aromatic heterocycles. The maximum absolute atomic E-state index is 12.9. The molecular formula is C20H23N5O4S. The van der Waals surface area contributed by atoms with Gasteiger partial charge in [-0.15, -0.1) is 4.40 Å². The number of aromatic nitrogens is 1. The fraction of sp³-hybridized carbons (Fsp3) is 0.350. The third-order valence-electron chi connectivity index (χ3n) is 5.26. The Morgan fingerprint density at radius 3 is 2.97 bits per heavy atom. The van der Waals surface area contributed by atoms with Crippen LogP contribution in [-0.2, 0) is 10.2 Å². The van der Waals surface area contributed by atoms with E-state index in [0.717, 1.165) is 12.8 Å². The Labute approximate surface area is 175 Å². The molecule has 0 aliphatic carbocycles. The minimum Gasteiger partial charge on any atom is -0.492 e. The number of anilines is 1. The van der Waals surface area contributed by atoms with E-state index in [1.54, 1.807) is 36.5 Å². The maximum Gasteiger partial charge on any atom is 0.344 e. The number of likely N-dealkylation sites (tertiary alicyclic amines) is 1. The van der Waals surface area contributed by atoms with Gasteiger partial charge >= 0.3 is 10.2 Å². The number of pyridine rings is 1. The van der Waals surface area contributed by atoms with Crippen molar-refractivity contribution >= 4 is 27.6 Å². The van der Waals surface area contributed by atoms with Gasteiger partial charge in [0.05, 0.1) is 23.4 Å².